The van der Waals surface area contributed by atoms with E-state index in [9.17, 15) is 14.0 Å². The molecule has 0 bridgehead atoms. The van der Waals surface area contributed by atoms with E-state index in [1.165, 1.54) is 12.1 Å². The summed E-state index contributed by atoms with van der Waals surface area (Å²) in [7, 11) is 0. The number of nitrogens with one attached hydrogen (secondary N) is 2. The Kier molecular flexibility index (Phi) is 5.09. The van der Waals surface area contributed by atoms with E-state index in [-0.39, 0.29) is 29.1 Å². The topological polar surface area (TPSA) is 58.2 Å². The maximum atomic E-state index is 13.3. The van der Waals surface area contributed by atoms with Crippen LogP contribution in [0.25, 0.3) is 0 Å². The molecule has 2 amide bonds. The molecule has 0 atom stereocenters. The van der Waals surface area contributed by atoms with E-state index >= 15 is 0 Å². The molecule has 18 heavy (non-hydrogen) atoms. The first kappa shape index (κ1) is 14.4. The maximum absolute atomic E-state index is 13.3. The van der Waals surface area contributed by atoms with Gasteiger partial charge in [-0.25, -0.2) is 4.39 Å². The van der Waals surface area contributed by atoms with E-state index in [0.29, 0.717) is 0 Å². The molecule has 6 heteroatoms. The van der Waals surface area contributed by atoms with Gasteiger partial charge in [-0.15, -0.1) is 0 Å². The Morgan fingerprint density at radius 3 is 2.67 bits per heavy atom. The van der Waals surface area contributed by atoms with Crippen molar-refractivity contribution >= 4 is 23.4 Å². The summed E-state index contributed by atoms with van der Waals surface area (Å²) in [6.07, 6.45) is 0. The highest BCUT2D eigenvalue weighted by Crippen LogP contribution is 2.14. The fourth-order valence-electron chi connectivity index (χ4n) is 1.30. The normalized spacial score (nSPS) is 10.3. The van der Waals surface area contributed by atoms with Gasteiger partial charge in [0, 0.05) is 11.1 Å². The summed E-state index contributed by atoms with van der Waals surface area (Å²) in [5.41, 5.74) is -0.181. The number of carbonyl (C=O) groups excluding carboxylic acids is 2. The molecule has 98 valence electrons. The molecule has 2 N–H and O–H groups in total. The van der Waals surface area contributed by atoms with E-state index < -0.39 is 11.7 Å². The lowest BCUT2D eigenvalue weighted by Crippen LogP contribution is -2.40. The van der Waals surface area contributed by atoms with E-state index in [4.69, 9.17) is 11.6 Å². The Hall–Kier alpha value is -1.62. The minimum absolute atomic E-state index is 0.0164. The molecule has 0 unspecified atom stereocenters. The van der Waals surface area contributed by atoms with Gasteiger partial charge in [0.05, 0.1) is 12.1 Å². The number of amides is 2. The summed E-state index contributed by atoms with van der Waals surface area (Å²) in [5.74, 6) is -1.68. The number of hydrogen-bond donors (Lipinski definition) is 2. The van der Waals surface area contributed by atoms with Crippen molar-refractivity contribution in [2.45, 2.75) is 19.9 Å². The molecule has 0 saturated carbocycles. The molecule has 0 saturated heterocycles. The highest BCUT2D eigenvalue weighted by molar-refractivity contribution is 6.31. The Morgan fingerprint density at radius 2 is 2.06 bits per heavy atom. The zero-order chi connectivity index (χ0) is 13.7. The summed E-state index contributed by atoms with van der Waals surface area (Å²) >= 11 is 5.67. The van der Waals surface area contributed by atoms with Gasteiger partial charge in [0.1, 0.15) is 5.82 Å². The van der Waals surface area contributed by atoms with Gasteiger partial charge in [-0.3, -0.25) is 9.59 Å². The van der Waals surface area contributed by atoms with Gasteiger partial charge in [-0.2, -0.15) is 0 Å². The SMILES string of the molecule is CC(C)NC(=O)CNC(=O)c1cc(Cl)ccc1F. The van der Waals surface area contributed by atoms with E-state index in [1.54, 1.807) is 13.8 Å². The third-order valence-electron chi connectivity index (χ3n) is 2.03. The molecule has 0 heterocycles. The average Bonchev–Trinajstić information content (AvgIpc) is 2.28. The summed E-state index contributed by atoms with van der Waals surface area (Å²) in [5, 5.41) is 5.18. The third-order valence-corrected chi connectivity index (χ3v) is 2.27. The molecule has 0 aliphatic rings. The fourth-order valence-corrected chi connectivity index (χ4v) is 1.47. The van der Waals surface area contributed by atoms with Crippen LogP contribution in [0, 0.1) is 5.82 Å². The summed E-state index contributed by atoms with van der Waals surface area (Å²) < 4.78 is 13.3. The van der Waals surface area contributed by atoms with Crippen LogP contribution < -0.4 is 10.6 Å². The summed E-state index contributed by atoms with van der Waals surface area (Å²) in [6.45, 7) is 3.40. The van der Waals surface area contributed by atoms with Gasteiger partial charge in [0.25, 0.3) is 5.91 Å². The van der Waals surface area contributed by atoms with Crippen molar-refractivity contribution in [1.29, 1.82) is 0 Å². The first-order chi connectivity index (χ1) is 8.40. The molecule has 0 aromatic heterocycles. The quantitative estimate of drug-likeness (QED) is 0.877. The van der Waals surface area contributed by atoms with Crippen LogP contribution in [-0.4, -0.2) is 24.4 Å². The molecule has 0 radical (unpaired) electrons. The molecule has 1 aromatic rings. The van der Waals surface area contributed by atoms with Gasteiger partial charge in [0.2, 0.25) is 5.91 Å². The average molecular weight is 273 g/mol. The smallest absolute Gasteiger partial charge is 0.254 e. The third kappa shape index (κ3) is 4.33. The van der Waals surface area contributed by atoms with Crippen LogP contribution in [0.1, 0.15) is 24.2 Å². The first-order valence-electron chi connectivity index (χ1n) is 5.42. The Bertz CT molecular complexity index is 463. The van der Waals surface area contributed by atoms with Crippen molar-refractivity contribution in [1.82, 2.24) is 10.6 Å². The Balaban J connectivity index is 2.60. The van der Waals surface area contributed by atoms with Crippen LogP contribution in [0.2, 0.25) is 5.02 Å². The molecule has 1 aromatic carbocycles. The molecular weight excluding hydrogens is 259 g/mol. The standard InChI is InChI=1S/C12H14ClFN2O2/c1-7(2)16-11(17)6-15-12(18)9-5-8(13)3-4-10(9)14/h3-5,7H,6H2,1-2H3,(H,15,18)(H,16,17). The molecule has 0 aliphatic carbocycles. The number of hydrogen-bond acceptors (Lipinski definition) is 2. The zero-order valence-corrected chi connectivity index (χ0v) is 10.8. The van der Waals surface area contributed by atoms with E-state index in [2.05, 4.69) is 10.6 Å². The largest absolute Gasteiger partial charge is 0.352 e. The lowest BCUT2D eigenvalue weighted by Gasteiger charge is -2.09. The zero-order valence-electron chi connectivity index (χ0n) is 10.1. The highest BCUT2D eigenvalue weighted by atomic mass is 35.5. The van der Waals surface area contributed by atoms with Gasteiger partial charge in [-0.05, 0) is 32.0 Å². The second-order valence-corrected chi connectivity index (χ2v) is 4.47. The van der Waals surface area contributed by atoms with Crippen molar-refractivity contribution in [3.63, 3.8) is 0 Å². The number of carbonyl (C=O) groups is 2. The van der Waals surface area contributed by atoms with Crippen LogP contribution >= 0.6 is 11.6 Å². The van der Waals surface area contributed by atoms with Gasteiger partial charge in [0.15, 0.2) is 0 Å². The van der Waals surface area contributed by atoms with Crippen LogP contribution in [-0.2, 0) is 4.79 Å². The molecule has 0 fully saturated rings. The second kappa shape index (κ2) is 6.35. The van der Waals surface area contributed by atoms with E-state index in [0.717, 1.165) is 6.07 Å². The van der Waals surface area contributed by atoms with Crippen molar-refractivity contribution in [3.05, 3.63) is 34.6 Å². The predicted octanol–water partition coefficient (Wildman–Crippen LogP) is 1.73. The minimum Gasteiger partial charge on any atom is -0.352 e. The molecule has 0 spiro atoms. The van der Waals surface area contributed by atoms with Gasteiger partial charge < -0.3 is 10.6 Å². The Morgan fingerprint density at radius 1 is 1.39 bits per heavy atom. The number of rotatable bonds is 4. The monoisotopic (exact) mass is 272 g/mol. The van der Waals surface area contributed by atoms with Crippen molar-refractivity contribution in [2.24, 2.45) is 0 Å². The van der Waals surface area contributed by atoms with Crippen molar-refractivity contribution in [3.8, 4) is 0 Å². The summed E-state index contributed by atoms with van der Waals surface area (Å²) in [6, 6.07) is 3.65. The lowest BCUT2D eigenvalue weighted by atomic mass is 10.2. The molecular formula is C12H14ClFN2O2. The van der Waals surface area contributed by atoms with Crippen LogP contribution in [0.4, 0.5) is 4.39 Å². The minimum atomic E-state index is -0.679. The lowest BCUT2D eigenvalue weighted by molar-refractivity contribution is -0.120. The van der Waals surface area contributed by atoms with Crippen LogP contribution in [0.15, 0.2) is 18.2 Å². The van der Waals surface area contributed by atoms with Crippen molar-refractivity contribution in [2.75, 3.05) is 6.54 Å². The first-order valence-corrected chi connectivity index (χ1v) is 5.80. The molecule has 1 rings (SSSR count). The van der Waals surface area contributed by atoms with Gasteiger partial charge in [-0.1, -0.05) is 11.6 Å². The number of halogens is 2. The Labute approximate surface area is 110 Å². The van der Waals surface area contributed by atoms with Crippen LogP contribution in [0.3, 0.4) is 0 Å². The predicted molar refractivity (Wildman–Crippen MR) is 67.0 cm³/mol. The summed E-state index contributed by atoms with van der Waals surface area (Å²) in [4.78, 5) is 22.9. The highest BCUT2D eigenvalue weighted by Gasteiger charge is 2.13. The molecule has 4 nitrogen and oxygen atoms in total. The van der Waals surface area contributed by atoms with E-state index in [1.807, 2.05) is 0 Å². The van der Waals surface area contributed by atoms with Crippen molar-refractivity contribution < 1.29 is 14.0 Å². The van der Waals surface area contributed by atoms with Crippen LogP contribution in [0.5, 0.6) is 0 Å². The second-order valence-electron chi connectivity index (χ2n) is 4.03. The molecule has 0 aliphatic heterocycles. The number of benzene rings is 1. The fraction of sp³-hybridized carbons (Fsp3) is 0.333. The van der Waals surface area contributed by atoms with Gasteiger partial charge >= 0.3 is 0 Å². The maximum Gasteiger partial charge on any atom is 0.254 e.